The molecule has 0 spiro atoms. The van der Waals surface area contributed by atoms with E-state index in [9.17, 15) is 9.18 Å². The second kappa shape index (κ2) is 5.85. The average molecular weight is 275 g/mol. The largest absolute Gasteiger partial charge is 0.322 e. The summed E-state index contributed by atoms with van der Waals surface area (Å²) >= 11 is 11.5. The van der Waals surface area contributed by atoms with E-state index >= 15 is 0 Å². The number of hydrogen-bond donors (Lipinski definition) is 1. The van der Waals surface area contributed by atoms with Gasteiger partial charge in [-0.1, -0.05) is 30.1 Å². The van der Waals surface area contributed by atoms with E-state index in [0.29, 0.717) is 6.42 Å². The van der Waals surface area contributed by atoms with Gasteiger partial charge in [-0.05, 0) is 18.6 Å². The monoisotopic (exact) mass is 274 g/mol. The first kappa shape index (κ1) is 13.8. The molecule has 0 fully saturated rings. The van der Waals surface area contributed by atoms with Crippen molar-refractivity contribution in [3.8, 4) is 6.07 Å². The van der Waals surface area contributed by atoms with Crippen molar-refractivity contribution in [3.63, 3.8) is 0 Å². The number of nitrogens with zero attached hydrogens (tertiary/aromatic N) is 1. The number of nitriles is 1. The summed E-state index contributed by atoms with van der Waals surface area (Å²) in [6, 6.07) is 3.93. The molecule has 0 aliphatic heterocycles. The topological polar surface area (TPSA) is 52.9 Å². The first-order valence-electron chi connectivity index (χ1n) is 4.84. The molecule has 0 heterocycles. The van der Waals surface area contributed by atoms with E-state index in [2.05, 4.69) is 5.32 Å². The number of amides is 1. The van der Waals surface area contributed by atoms with Crippen LogP contribution in [0, 0.1) is 23.1 Å². The Morgan fingerprint density at radius 1 is 1.53 bits per heavy atom. The van der Waals surface area contributed by atoms with Crippen molar-refractivity contribution in [2.75, 3.05) is 5.32 Å². The Balaban J connectivity index is 2.97. The average Bonchev–Trinajstić information content (AvgIpc) is 2.25. The number of benzene rings is 1. The molecular weight excluding hydrogens is 266 g/mol. The smallest absolute Gasteiger partial charge is 0.241 e. The van der Waals surface area contributed by atoms with Gasteiger partial charge in [0.2, 0.25) is 5.91 Å². The second-order valence-corrected chi connectivity index (χ2v) is 4.14. The maximum absolute atomic E-state index is 12.9. The lowest BCUT2D eigenvalue weighted by atomic mass is 10.1. The van der Waals surface area contributed by atoms with Gasteiger partial charge in [-0.15, -0.1) is 0 Å². The van der Waals surface area contributed by atoms with Gasteiger partial charge in [-0.3, -0.25) is 4.79 Å². The molecule has 3 nitrogen and oxygen atoms in total. The minimum atomic E-state index is -0.785. The molecule has 1 aromatic carbocycles. The van der Waals surface area contributed by atoms with Gasteiger partial charge in [0.1, 0.15) is 11.7 Å². The van der Waals surface area contributed by atoms with Gasteiger partial charge < -0.3 is 5.32 Å². The lowest BCUT2D eigenvalue weighted by Gasteiger charge is -2.11. The van der Waals surface area contributed by atoms with Crippen LogP contribution in [-0.4, -0.2) is 5.91 Å². The quantitative estimate of drug-likeness (QED) is 0.915. The van der Waals surface area contributed by atoms with Gasteiger partial charge in [-0.25, -0.2) is 4.39 Å². The Labute approximate surface area is 108 Å². The molecule has 0 saturated heterocycles. The van der Waals surface area contributed by atoms with E-state index in [4.69, 9.17) is 28.5 Å². The summed E-state index contributed by atoms with van der Waals surface area (Å²) in [6.45, 7) is 1.71. The fourth-order valence-electron chi connectivity index (χ4n) is 1.21. The van der Waals surface area contributed by atoms with Crippen molar-refractivity contribution in [1.29, 1.82) is 5.26 Å². The normalized spacial score (nSPS) is 11.7. The standard InChI is InChI=1S/C11H9Cl2FN2O/c1-2-6(5-15)11(17)16-10-8(12)3-7(14)4-9(10)13/h3-4,6H,2H2,1H3,(H,16,17). The summed E-state index contributed by atoms with van der Waals surface area (Å²) in [4.78, 5) is 11.6. The molecule has 0 radical (unpaired) electrons. The van der Waals surface area contributed by atoms with E-state index in [1.807, 2.05) is 6.07 Å². The maximum atomic E-state index is 12.9. The van der Waals surface area contributed by atoms with Crippen LogP contribution in [0.2, 0.25) is 10.0 Å². The summed E-state index contributed by atoms with van der Waals surface area (Å²) in [5, 5.41) is 11.1. The molecule has 1 unspecified atom stereocenters. The zero-order chi connectivity index (χ0) is 13.0. The summed E-state index contributed by atoms with van der Waals surface area (Å²) < 4.78 is 12.9. The Bertz CT molecular complexity index is 462. The molecule has 1 aromatic rings. The number of carbonyl (C=O) groups is 1. The molecule has 1 rings (SSSR count). The lowest BCUT2D eigenvalue weighted by Crippen LogP contribution is -2.21. The Morgan fingerprint density at radius 2 is 2.06 bits per heavy atom. The zero-order valence-electron chi connectivity index (χ0n) is 8.93. The van der Waals surface area contributed by atoms with E-state index in [1.54, 1.807) is 6.92 Å². The summed E-state index contributed by atoms with van der Waals surface area (Å²) in [5.41, 5.74) is 0.119. The van der Waals surface area contributed by atoms with Crippen LogP contribution in [-0.2, 0) is 4.79 Å². The molecule has 0 aliphatic rings. The van der Waals surface area contributed by atoms with Crippen LogP contribution in [0.4, 0.5) is 10.1 Å². The number of hydrogen-bond acceptors (Lipinski definition) is 2. The summed E-state index contributed by atoms with van der Waals surface area (Å²) in [7, 11) is 0. The maximum Gasteiger partial charge on any atom is 0.241 e. The highest BCUT2D eigenvalue weighted by Gasteiger charge is 2.18. The SMILES string of the molecule is CCC(C#N)C(=O)Nc1c(Cl)cc(F)cc1Cl. The summed E-state index contributed by atoms with van der Waals surface area (Å²) in [6.07, 6.45) is 0.374. The van der Waals surface area contributed by atoms with Crippen LogP contribution >= 0.6 is 23.2 Å². The van der Waals surface area contributed by atoms with Crippen LogP contribution in [0.3, 0.4) is 0 Å². The molecule has 1 atom stereocenters. The highest BCUT2D eigenvalue weighted by Crippen LogP contribution is 2.31. The number of nitrogens with one attached hydrogen (secondary N) is 1. The number of anilines is 1. The third kappa shape index (κ3) is 3.32. The van der Waals surface area contributed by atoms with E-state index in [0.717, 1.165) is 12.1 Å². The molecule has 0 saturated carbocycles. The van der Waals surface area contributed by atoms with Gasteiger partial charge in [0.15, 0.2) is 0 Å². The van der Waals surface area contributed by atoms with Crippen molar-refractivity contribution in [2.45, 2.75) is 13.3 Å². The molecule has 90 valence electrons. The van der Waals surface area contributed by atoms with E-state index in [1.165, 1.54) is 0 Å². The number of rotatable bonds is 3. The molecule has 0 bridgehead atoms. The van der Waals surface area contributed by atoms with Crippen molar-refractivity contribution in [2.24, 2.45) is 5.92 Å². The lowest BCUT2D eigenvalue weighted by molar-refractivity contribution is -0.118. The minimum absolute atomic E-state index is 0.00357. The fraction of sp³-hybridized carbons (Fsp3) is 0.273. The van der Waals surface area contributed by atoms with Crippen molar-refractivity contribution in [1.82, 2.24) is 0 Å². The van der Waals surface area contributed by atoms with Crippen molar-refractivity contribution >= 4 is 34.8 Å². The first-order valence-corrected chi connectivity index (χ1v) is 5.60. The van der Waals surface area contributed by atoms with Gasteiger partial charge in [0.25, 0.3) is 0 Å². The minimum Gasteiger partial charge on any atom is -0.322 e. The van der Waals surface area contributed by atoms with Crippen molar-refractivity contribution < 1.29 is 9.18 Å². The third-order valence-corrected chi connectivity index (χ3v) is 2.73. The molecule has 0 aromatic heterocycles. The molecule has 1 N–H and O–H groups in total. The van der Waals surface area contributed by atoms with Gasteiger partial charge in [-0.2, -0.15) is 5.26 Å². The highest BCUT2D eigenvalue weighted by atomic mass is 35.5. The fourth-order valence-corrected chi connectivity index (χ4v) is 1.76. The molecule has 17 heavy (non-hydrogen) atoms. The predicted molar refractivity (Wildman–Crippen MR) is 64.4 cm³/mol. The first-order chi connectivity index (χ1) is 7.99. The van der Waals surface area contributed by atoms with E-state index in [-0.39, 0.29) is 15.7 Å². The van der Waals surface area contributed by atoms with Crippen LogP contribution in [0.15, 0.2) is 12.1 Å². The Morgan fingerprint density at radius 3 is 2.47 bits per heavy atom. The number of carbonyl (C=O) groups excluding carboxylic acids is 1. The van der Waals surface area contributed by atoms with Gasteiger partial charge in [0, 0.05) is 0 Å². The number of halogens is 3. The van der Waals surface area contributed by atoms with Crippen LogP contribution in [0.5, 0.6) is 0 Å². The van der Waals surface area contributed by atoms with Crippen LogP contribution in [0.1, 0.15) is 13.3 Å². The molecule has 1 amide bonds. The van der Waals surface area contributed by atoms with Crippen molar-refractivity contribution in [3.05, 3.63) is 28.0 Å². The second-order valence-electron chi connectivity index (χ2n) is 3.32. The zero-order valence-corrected chi connectivity index (χ0v) is 10.4. The Kier molecular flexibility index (Phi) is 4.73. The summed E-state index contributed by atoms with van der Waals surface area (Å²) in [5.74, 6) is -1.89. The van der Waals surface area contributed by atoms with Gasteiger partial charge >= 0.3 is 0 Å². The third-order valence-electron chi connectivity index (χ3n) is 2.14. The predicted octanol–water partition coefficient (Wildman–Crippen LogP) is 3.62. The van der Waals surface area contributed by atoms with Crippen LogP contribution < -0.4 is 5.32 Å². The Hall–Kier alpha value is -1.31. The van der Waals surface area contributed by atoms with Crippen LogP contribution in [0.25, 0.3) is 0 Å². The highest BCUT2D eigenvalue weighted by molar-refractivity contribution is 6.39. The molecular formula is C11H9Cl2FN2O. The molecule has 6 heteroatoms. The van der Waals surface area contributed by atoms with Gasteiger partial charge in [0.05, 0.1) is 21.8 Å². The molecule has 0 aliphatic carbocycles. The van der Waals surface area contributed by atoms with E-state index < -0.39 is 17.6 Å².